The summed E-state index contributed by atoms with van der Waals surface area (Å²) in [6.45, 7) is 8.34. The molecule has 1 heterocycles. The Hall–Kier alpha value is -3.23. The summed E-state index contributed by atoms with van der Waals surface area (Å²) in [6, 6.07) is 19.0. The zero-order valence-corrected chi connectivity index (χ0v) is 22.9. The third kappa shape index (κ3) is 6.02. The molecule has 1 atom stereocenters. The molecule has 0 saturated heterocycles. The summed E-state index contributed by atoms with van der Waals surface area (Å²) in [6.07, 6.45) is -1.03. The second-order valence-electron chi connectivity index (χ2n) is 9.94. The third-order valence-corrected chi connectivity index (χ3v) is 8.33. The van der Waals surface area contributed by atoms with Crippen molar-refractivity contribution >= 4 is 33.2 Å². The molecule has 1 amide bonds. The van der Waals surface area contributed by atoms with Crippen LogP contribution in [-0.2, 0) is 20.2 Å². The number of anilines is 1. The summed E-state index contributed by atoms with van der Waals surface area (Å²) in [7, 11) is -3.94. The average molecular weight is 543 g/mol. The fraction of sp³-hybridized carbons (Fsp3) is 0.321. The fourth-order valence-corrected chi connectivity index (χ4v) is 5.58. The van der Waals surface area contributed by atoms with E-state index in [0.29, 0.717) is 22.2 Å². The van der Waals surface area contributed by atoms with Gasteiger partial charge in [0.25, 0.3) is 15.9 Å². The fourth-order valence-electron chi connectivity index (χ4n) is 3.92. The van der Waals surface area contributed by atoms with Gasteiger partial charge >= 0.3 is 0 Å². The molecular formula is C28H31ClN2O5S. The van der Waals surface area contributed by atoms with Crippen LogP contribution in [0.5, 0.6) is 11.5 Å². The first-order valence-electron chi connectivity index (χ1n) is 12.0. The molecule has 7 nitrogen and oxygen atoms in total. The number of halogens is 1. The number of sulfonamides is 1. The number of fused-ring (bicyclic) bond motifs is 1. The van der Waals surface area contributed by atoms with E-state index in [9.17, 15) is 13.2 Å². The molecule has 196 valence electrons. The Bertz CT molecular complexity index is 1390. The molecule has 0 unspecified atom stereocenters. The minimum Gasteiger partial charge on any atom is -0.492 e. The number of aryl methyl sites for hydroxylation is 1. The number of nitrogens with zero attached hydrogens (tertiary/aromatic N) is 1. The monoisotopic (exact) mass is 542 g/mol. The minimum atomic E-state index is -3.94. The van der Waals surface area contributed by atoms with Crippen molar-refractivity contribution in [3.8, 4) is 11.5 Å². The molecule has 3 aromatic rings. The molecule has 37 heavy (non-hydrogen) atoms. The van der Waals surface area contributed by atoms with Gasteiger partial charge < -0.3 is 14.8 Å². The number of benzene rings is 3. The van der Waals surface area contributed by atoms with Gasteiger partial charge in [-0.05, 0) is 59.9 Å². The Morgan fingerprint density at radius 2 is 1.84 bits per heavy atom. The lowest BCUT2D eigenvalue weighted by molar-refractivity contribution is -0.127. The molecule has 1 aliphatic rings. The summed E-state index contributed by atoms with van der Waals surface area (Å²) in [5.41, 5.74) is 2.12. The Morgan fingerprint density at radius 3 is 2.51 bits per heavy atom. The maximum absolute atomic E-state index is 13.7. The molecule has 1 N–H and O–H groups in total. The highest BCUT2D eigenvalue weighted by Crippen LogP contribution is 2.40. The lowest BCUT2D eigenvalue weighted by atomic mass is 9.86. The number of ether oxygens (including phenoxy) is 2. The van der Waals surface area contributed by atoms with Crippen LogP contribution in [0.1, 0.15) is 31.9 Å². The van der Waals surface area contributed by atoms with E-state index in [4.69, 9.17) is 21.1 Å². The summed E-state index contributed by atoms with van der Waals surface area (Å²) >= 11 is 6.13. The van der Waals surface area contributed by atoms with Crippen molar-refractivity contribution in [1.29, 1.82) is 0 Å². The zero-order valence-electron chi connectivity index (χ0n) is 21.3. The van der Waals surface area contributed by atoms with E-state index in [-0.39, 0.29) is 30.0 Å². The van der Waals surface area contributed by atoms with E-state index in [1.54, 1.807) is 42.5 Å². The van der Waals surface area contributed by atoms with Gasteiger partial charge in [0, 0.05) is 5.02 Å². The van der Waals surface area contributed by atoms with Crippen molar-refractivity contribution in [3.05, 3.63) is 82.9 Å². The highest BCUT2D eigenvalue weighted by Gasteiger charge is 2.38. The van der Waals surface area contributed by atoms with Gasteiger partial charge in [-0.1, -0.05) is 62.7 Å². The van der Waals surface area contributed by atoms with Crippen LogP contribution in [-0.4, -0.2) is 40.1 Å². The number of carbonyl (C=O) groups excluding carboxylic acids is 1. The smallest absolute Gasteiger partial charge is 0.264 e. The van der Waals surface area contributed by atoms with Crippen LogP contribution in [0.2, 0.25) is 5.02 Å². The van der Waals surface area contributed by atoms with Crippen molar-refractivity contribution < 1.29 is 22.7 Å². The zero-order chi connectivity index (χ0) is 26.8. The van der Waals surface area contributed by atoms with E-state index < -0.39 is 22.0 Å². The summed E-state index contributed by atoms with van der Waals surface area (Å²) < 4.78 is 40.2. The van der Waals surface area contributed by atoms with Gasteiger partial charge in [0.05, 0.1) is 23.7 Å². The van der Waals surface area contributed by atoms with Gasteiger partial charge in [0.1, 0.15) is 18.1 Å². The second kappa shape index (κ2) is 10.6. The van der Waals surface area contributed by atoms with Gasteiger partial charge in [-0.3, -0.25) is 9.10 Å². The van der Waals surface area contributed by atoms with Crippen molar-refractivity contribution in [3.63, 3.8) is 0 Å². The average Bonchev–Trinajstić information content (AvgIpc) is 2.87. The molecule has 0 aromatic heterocycles. The summed E-state index contributed by atoms with van der Waals surface area (Å²) in [5, 5.41) is 3.39. The van der Waals surface area contributed by atoms with E-state index in [2.05, 4.69) is 26.1 Å². The first kappa shape index (κ1) is 26.8. The lowest BCUT2D eigenvalue weighted by Gasteiger charge is -2.36. The SMILES string of the molecule is Cc1ccc(OCCNC(=O)[C@H]2CN(S(=O)(=O)c3ccccc3)c3cc(C(C)(C)C)ccc3O2)cc1Cl. The highest BCUT2D eigenvalue weighted by molar-refractivity contribution is 7.92. The van der Waals surface area contributed by atoms with Crippen LogP contribution in [0.3, 0.4) is 0 Å². The minimum absolute atomic E-state index is 0.147. The molecule has 0 spiro atoms. The first-order chi connectivity index (χ1) is 17.5. The number of hydrogen-bond donors (Lipinski definition) is 1. The molecule has 4 rings (SSSR count). The Labute approximate surface area is 223 Å². The van der Waals surface area contributed by atoms with E-state index in [1.165, 1.54) is 4.31 Å². The molecule has 0 aliphatic carbocycles. The van der Waals surface area contributed by atoms with Crippen LogP contribution >= 0.6 is 11.6 Å². The number of hydrogen-bond acceptors (Lipinski definition) is 5. The molecule has 0 fully saturated rings. The largest absolute Gasteiger partial charge is 0.492 e. The van der Waals surface area contributed by atoms with Crippen LogP contribution < -0.4 is 19.1 Å². The van der Waals surface area contributed by atoms with Crippen LogP contribution in [0.15, 0.2) is 71.6 Å². The normalized spacial score (nSPS) is 15.5. The quantitative estimate of drug-likeness (QED) is 0.420. The summed E-state index contributed by atoms with van der Waals surface area (Å²) in [5.74, 6) is 0.510. The molecule has 1 aliphatic heterocycles. The van der Waals surface area contributed by atoms with Crippen LogP contribution in [0, 0.1) is 6.92 Å². The van der Waals surface area contributed by atoms with Gasteiger partial charge in [0.15, 0.2) is 6.10 Å². The Kier molecular flexibility index (Phi) is 7.71. The molecule has 3 aromatic carbocycles. The van der Waals surface area contributed by atoms with Gasteiger partial charge in [-0.15, -0.1) is 0 Å². The predicted molar refractivity (Wildman–Crippen MR) is 145 cm³/mol. The number of rotatable bonds is 7. The van der Waals surface area contributed by atoms with Crippen LogP contribution in [0.25, 0.3) is 0 Å². The van der Waals surface area contributed by atoms with E-state index in [0.717, 1.165) is 11.1 Å². The van der Waals surface area contributed by atoms with Gasteiger partial charge in [-0.25, -0.2) is 8.42 Å². The highest BCUT2D eigenvalue weighted by atomic mass is 35.5. The lowest BCUT2D eigenvalue weighted by Crippen LogP contribution is -2.51. The van der Waals surface area contributed by atoms with Crippen molar-refractivity contribution in [2.24, 2.45) is 0 Å². The Balaban J connectivity index is 1.53. The molecule has 9 heteroatoms. The maximum Gasteiger partial charge on any atom is 0.264 e. The number of amides is 1. The van der Waals surface area contributed by atoms with E-state index in [1.807, 2.05) is 31.2 Å². The molecule has 0 radical (unpaired) electrons. The predicted octanol–water partition coefficient (Wildman–Crippen LogP) is 5.10. The van der Waals surface area contributed by atoms with Gasteiger partial charge in [0.2, 0.25) is 0 Å². The Morgan fingerprint density at radius 1 is 1.11 bits per heavy atom. The topological polar surface area (TPSA) is 84.9 Å². The standard InChI is InChI=1S/C28H31ClN2O5S/c1-19-10-12-21(17-23(19)29)35-15-14-30-27(32)26-18-31(37(33,34)22-8-6-5-7-9-22)24-16-20(28(2,3)4)11-13-25(24)36-26/h5-13,16-17,26H,14-15,18H2,1-4H3,(H,30,32)/t26-/m1/s1. The second-order valence-corrected chi connectivity index (χ2v) is 12.2. The van der Waals surface area contributed by atoms with Gasteiger partial charge in [-0.2, -0.15) is 0 Å². The van der Waals surface area contributed by atoms with Crippen molar-refractivity contribution in [1.82, 2.24) is 5.32 Å². The number of carbonyl (C=O) groups is 1. The summed E-state index contributed by atoms with van der Waals surface area (Å²) in [4.78, 5) is 13.2. The maximum atomic E-state index is 13.7. The molecule has 0 saturated carbocycles. The molecular weight excluding hydrogens is 512 g/mol. The van der Waals surface area contributed by atoms with E-state index >= 15 is 0 Å². The van der Waals surface area contributed by atoms with Crippen molar-refractivity contribution in [2.45, 2.75) is 44.1 Å². The first-order valence-corrected chi connectivity index (χ1v) is 13.8. The number of nitrogens with one attached hydrogen (secondary N) is 1. The van der Waals surface area contributed by atoms with Crippen molar-refractivity contribution in [2.75, 3.05) is 24.0 Å². The third-order valence-electron chi connectivity index (χ3n) is 6.13. The van der Waals surface area contributed by atoms with Crippen LogP contribution in [0.4, 0.5) is 5.69 Å². The molecule has 0 bridgehead atoms.